The molecule has 48 heavy (non-hydrogen) atoms. The quantitative estimate of drug-likeness (QED) is 0.126. The van der Waals surface area contributed by atoms with E-state index in [1.807, 2.05) is 34.9 Å². The molecule has 4 rings (SSSR count). The van der Waals surface area contributed by atoms with Crippen LogP contribution in [0.1, 0.15) is 68.1 Å². The van der Waals surface area contributed by atoms with Crippen molar-refractivity contribution in [1.82, 2.24) is 20.1 Å². The average molecular weight is 696 g/mol. The zero-order valence-corrected chi connectivity index (χ0v) is 29.1. The Balaban J connectivity index is 1.56. The minimum atomic E-state index is -0.709. The molecule has 15 heteroatoms. The van der Waals surface area contributed by atoms with E-state index < -0.39 is 23.1 Å². The van der Waals surface area contributed by atoms with Gasteiger partial charge in [0.25, 0.3) is 5.91 Å². The molecule has 2 aromatic carbocycles. The number of anilines is 1. The lowest BCUT2D eigenvalue weighted by Gasteiger charge is -2.14. The van der Waals surface area contributed by atoms with Crippen LogP contribution in [0, 0.1) is 6.92 Å². The molecule has 13 nitrogen and oxygen atoms in total. The molecular formula is C33H37N5O8S2. The fourth-order valence-electron chi connectivity index (χ4n) is 4.53. The summed E-state index contributed by atoms with van der Waals surface area (Å²) in [6, 6.07) is 14.5. The van der Waals surface area contributed by atoms with Gasteiger partial charge in [0, 0.05) is 11.6 Å². The van der Waals surface area contributed by atoms with Gasteiger partial charge >= 0.3 is 11.9 Å². The second-order valence-electron chi connectivity index (χ2n) is 10.2. The molecule has 0 saturated heterocycles. The number of hydrogen-bond acceptors (Lipinski definition) is 12. The van der Waals surface area contributed by atoms with E-state index in [-0.39, 0.29) is 41.1 Å². The molecule has 0 aliphatic rings. The highest BCUT2D eigenvalue weighted by Gasteiger charge is 2.29. The first kappa shape index (κ1) is 36.0. The van der Waals surface area contributed by atoms with E-state index >= 15 is 0 Å². The number of nitrogens with one attached hydrogen (secondary N) is 2. The van der Waals surface area contributed by atoms with Crippen LogP contribution in [0.15, 0.2) is 53.7 Å². The topological polar surface area (TPSA) is 160 Å². The molecule has 0 spiro atoms. The Morgan fingerprint density at radius 3 is 2.21 bits per heavy atom. The third kappa shape index (κ3) is 8.72. The summed E-state index contributed by atoms with van der Waals surface area (Å²) in [4.78, 5) is 52.2. The van der Waals surface area contributed by atoms with Gasteiger partial charge in [-0.25, -0.2) is 9.59 Å². The molecule has 0 bridgehead atoms. The van der Waals surface area contributed by atoms with Crippen LogP contribution in [-0.2, 0) is 27.4 Å². The van der Waals surface area contributed by atoms with Crippen molar-refractivity contribution in [2.24, 2.45) is 0 Å². The Hall–Kier alpha value is -4.89. The summed E-state index contributed by atoms with van der Waals surface area (Å²) in [7, 11) is 3.01. The van der Waals surface area contributed by atoms with E-state index in [0.717, 1.165) is 28.7 Å². The number of nitrogens with zero attached hydrogens (tertiary/aromatic N) is 3. The Bertz CT molecular complexity index is 1750. The van der Waals surface area contributed by atoms with Crippen LogP contribution in [0.2, 0.25) is 0 Å². The first-order chi connectivity index (χ1) is 23.1. The smallest absolute Gasteiger partial charge is 0.348 e. The highest BCUT2D eigenvalue weighted by atomic mass is 32.2. The molecule has 0 aliphatic heterocycles. The van der Waals surface area contributed by atoms with Gasteiger partial charge in [0.2, 0.25) is 5.91 Å². The molecule has 2 aromatic heterocycles. The fraction of sp³-hybridized carbons (Fsp3) is 0.333. The van der Waals surface area contributed by atoms with Crippen molar-refractivity contribution < 1.29 is 38.1 Å². The Morgan fingerprint density at radius 1 is 0.938 bits per heavy atom. The van der Waals surface area contributed by atoms with E-state index in [4.69, 9.17) is 18.9 Å². The number of rotatable bonds is 15. The van der Waals surface area contributed by atoms with Crippen molar-refractivity contribution in [3.05, 3.63) is 81.5 Å². The largest absolute Gasteiger partial charge is 0.497 e. The zero-order valence-electron chi connectivity index (χ0n) is 27.4. The number of amides is 2. The summed E-state index contributed by atoms with van der Waals surface area (Å²) in [5, 5.41) is 14.3. The van der Waals surface area contributed by atoms with Crippen LogP contribution in [0.5, 0.6) is 11.5 Å². The van der Waals surface area contributed by atoms with Gasteiger partial charge in [-0.2, -0.15) is 0 Å². The molecule has 254 valence electrons. The van der Waals surface area contributed by atoms with Crippen molar-refractivity contribution in [2.45, 2.75) is 51.2 Å². The second-order valence-corrected chi connectivity index (χ2v) is 12.5. The number of thioether (sulfide) groups is 1. The molecule has 2 amide bonds. The fourth-order valence-corrected chi connectivity index (χ4v) is 6.49. The Kier molecular flexibility index (Phi) is 12.6. The zero-order chi connectivity index (χ0) is 34.8. The average Bonchev–Trinajstić information content (AvgIpc) is 3.62. The number of hydrogen-bond donors (Lipinski definition) is 2. The Morgan fingerprint density at radius 2 is 1.58 bits per heavy atom. The maximum atomic E-state index is 13.5. The van der Waals surface area contributed by atoms with Crippen LogP contribution in [0.3, 0.4) is 0 Å². The van der Waals surface area contributed by atoms with Crippen molar-refractivity contribution in [3.63, 3.8) is 0 Å². The van der Waals surface area contributed by atoms with E-state index in [0.29, 0.717) is 40.2 Å². The number of thiophene rings is 1. The van der Waals surface area contributed by atoms with Crippen LogP contribution in [0.4, 0.5) is 5.00 Å². The number of esters is 2. The molecular weight excluding hydrogens is 659 g/mol. The predicted molar refractivity (Wildman–Crippen MR) is 181 cm³/mol. The minimum Gasteiger partial charge on any atom is -0.497 e. The number of carbonyl (C=O) groups excluding carboxylic acids is 4. The highest BCUT2D eigenvalue weighted by molar-refractivity contribution is 8.00. The van der Waals surface area contributed by atoms with Gasteiger partial charge in [0.05, 0.1) is 51.3 Å². The maximum Gasteiger partial charge on any atom is 0.348 e. The van der Waals surface area contributed by atoms with Crippen LogP contribution < -0.4 is 20.1 Å². The molecule has 2 N–H and O–H groups in total. The van der Waals surface area contributed by atoms with Crippen LogP contribution in [0.25, 0.3) is 0 Å². The third-order valence-corrected chi connectivity index (χ3v) is 9.24. The molecule has 4 aromatic rings. The van der Waals surface area contributed by atoms with Gasteiger partial charge in [-0.05, 0) is 51.0 Å². The molecule has 0 saturated carbocycles. The summed E-state index contributed by atoms with van der Waals surface area (Å²) < 4.78 is 22.7. The maximum absolute atomic E-state index is 13.5. The highest BCUT2D eigenvalue weighted by Crippen LogP contribution is 2.35. The Labute approximate surface area is 286 Å². The molecule has 0 fully saturated rings. The molecule has 2 heterocycles. The van der Waals surface area contributed by atoms with Crippen LogP contribution >= 0.6 is 23.1 Å². The third-order valence-electron chi connectivity index (χ3n) is 6.97. The molecule has 0 radical (unpaired) electrons. The standard InChI is InChI=1S/C33H37N5O8S2/c1-7-45-31(41)26-19(3)27(32(42)46-8-2)48-30(26)35-28(39)20(4)47-33-37-36-25(38(33)18-21-12-10-9-11-13-21)17-34-29(40)22-14-23(43-5)16-24(15-22)44-6/h9-16,20H,7-8,17-18H2,1-6H3,(H,34,40)(H,35,39)/t20-/m0/s1. The number of methoxy groups -OCH3 is 2. The number of carbonyl (C=O) groups is 4. The first-order valence-electron chi connectivity index (χ1n) is 15.0. The first-order valence-corrected chi connectivity index (χ1v) is 16.7. The predicted octanol–water partition coefficient (Wildman–Crippen LogP) is 5.12. The summed E-state index contributed by atoms with van der Waals surface area (Å²) in [6.45, 7) is 7.36. The van der Waals surface area contributed by atoms with Gasteiger partial charge < -0.3 is 34.1 Å². The van der Waals surface area contributed by atoms with Crippen molar-refractivity contribution in [1.29, 1.82) is 0 Å². The lowest BCUT2D eigenvalue weighted by molar-refractivity contribution is -0.115. The summed E-state index contributed by atoms with van der Waals surface area (Å²) >= 11 is 2.11. The van der Waals surface area contributed by atoms with Crippen molar-refractivity contribution in [3.8, 4) is 11.5 Å². The van der Waals surface area contributed by atoms with Gasteiger partial charge in [-0.1, -0.05) is 42.1 Å². The van der Waals surface area contributed by atoms with Gasteiger partial charge in [-0.15, -0.1) is 21.5 Å². The van der Waals surface area contributed by atoms with E-state index in [1.165, 1.54) is 14.2 Å². The lowest BCUT2D eigenvalue weighted by atomic mass is 10.1. The summed E-state index contributed by atoms with van der Waals surface area (Å²) in [5.74, 6) is -0.627. The summed E-state index contributed by atoms with van der Waals surface area (Å²) in [5.41, 5.74) is 1.78. The van der Waals surface area contributed by atoms with E-state index in [1.54, 1.807) is 45.9 Å². The van der Waals surface area contributed by atoms with Gasteiger partial charge in [-0.3, -0.25) is 9.59 Å². The summed E-state index contributed by atoms with van der Waals surface area (Å²) in [6.07, 6.45) is 0. The van der Waals surface area contributed by atoms with Crippen LogP contribution in [-0.4, -0.2) is 71.2 Å². The number of ether oxygens (including phenoxy) is 4. The monoisotopic (exact) mass is 695 g/mol. The molecule has 0 unspecified atom stereocenters. The lowest BCUT2D eigenvalue weighted by Crippen LogP contribution is -2.25. The van der Waals surface area contributed by atoms with E-state index in [9.17, 15) is 19.2 Å². The number of benzene rings is 2. The normalized spacial score (nSPS) is 11.4. The number of aromatic nitrogens is 3. The molecule has 1 atom stereocenters. The van der Waals surface area contributed by atoms with Gasteiger partial charge in [0.15, 0.2) is 11.0 Å². The van der Waals surface area contributed by atoms with Gasteiger partial charge in [0.1, 0.15) is 21.4 Å². The molecule has 0 aliphatic carbocycles. The second kappa shape index (κ2) is 16.8. The minimum absolute atomic E-state index is 0.0489. The van der Waals surface area contributed by atoms with Crippen molar-refractivity contribution in [2.75, 3.05) is 32.8 Å². The van der Waals surface area contributed by atoms with E-state index in [2.05, 4.69) is 20.8 Å². The SMILES string of the molecule is CCOC(=O)c1sc(NC(=O)[C@H](C)Sc2nnc(CNC(=O)c3cc(OC)cc(OC)c3)n2Cc2ccccc2)c(C(=O)OCC)c1C. The van der Waals surface area contributed by atoms with Crippen molar-refractivity contribution >= 4 is 51.9 Å².